The molecule has 29 heavy (non-hydrogen) atoms. The van der Waals surface area contributed by atoms with Gasteiger partial charge >= 0.3 is 0 Å². The summed E-state index contributed by atoms with van der Waals surface area (Å²) in [6.07, 6.45) is 2.42. The van der Waals surface area contributed by atoms with Crippen LogP contribution in [0, 0.1) is 0 Å². The third-order valence-electron chi connectivity index (χ3n) is 5.77. The second-order valence-corrected chi connectivity index (χ2v) is 7.51. The van der Waals surface area contributed by atoms with Gasteiger partial charge < -0.3 is 24.4 Å². The first kappa shape index (κ1) is 18.1. The largest absolute Gasteiger partial charge is 0.489 e. The topological polar surface area (TPSA) is 90.0 Å². The standard InChI is InChI=1S/C21H21N3O5/c1-24-17-4-2-3-5-18(17)28-11-16(20(24)26)23-19(25)15-8-14-13(9-22-15)10-29-21(14)6-7-27-12-21/h2-5,8-9,16H,6-7,10-12H2,1H3,(H,23,25)/t16-,21?/m0/s1. The van der Waals surface area contributed by atoms with Crippen molar-refractivity contribution in [1.82, 2.24) is 10.3 Å². The fourth-order valence-electron chi connectivity index (χ4n) is 4.10. The molecule has 4 heterocycles. The second kappa shape index (κ2) is 6.82. The number of carbonyl (C=O) groups is 2. The van der Waals surface area contributed by atoms with Crippen LogP contribution in [0.2, 0.25) is 0 Å². The number of amides is 2. The predicted octanol–water partition coefficient (Wildman–Crippen LogP) is 1.38. The lowest BCUT2D eigenvalue weighted by atomic mass is 9.92. The van der Waals surface area contributed by atoms with Gasteiger partial charge in [-0.15, -0.1) is 0 Å². The van der Waals surface area contributed by atoms with Crippen LogP contribution in [0.4, 0.5) is 5.69 Å². The number of ether oxygens (including phenoxy) is 3. The Balaban J connectivity index is 1.37. The smallest absolute Gasteiger partial charge is 0.270 e. The number of fused-ring (bicyclic) bond motifs is 3. The zero-order chi connectivity index (χ0) is 20.0. The van der Waals surface area contributed by atoms with Gasteiger partial charge in [0.25, 0.3) is 11.8 Å². The van der Waals surface area contributed by atoms with E-state index < -0.39 is 17.6 Å². The van der Waals surface area contributed by atoms with E-state index in [4.69, 9.17) is 14.2 Å². The molecule has 1 unspecified atom stereocenters. The number of aromatic nitrogens is 1. The molecule has 0 saturated carbocycles. The lowest BCUT2D eigenvalue weighted by Crippen LogP contribution is -2.49. The number of benzene rings is 1. The maximum Gasteiger partial charge on any atom is 0.270 e. The van der Waals surface area contributed by atoms with E-state index in [1.807, 2.05) is 18.2 Å². The van der Waals surface area contributed by atoms with Gasteiger partial charge in [-0.25, -0.2) is 0 Å². The summed E-state index contributed by atoms with van der Waals surface area (Å²) in [5.41, 5.74) is 2.35. The number of nitrogens with one attached hydrogen (secondary N) is 1. The van der Waals surface area contributed by atoms with Crippen molar-refractivity contribution in [1.29, 1.82) is 0 Å². The summed E-state index contributed by atoms with van der Waals surface area (Å²) in [6, 6.07) is 8.23. The molecule has 8 nitrogen and oxygen atoms in total. The minimum atomic E-state index is -0.810. The molecule has 1 aromatic carbocycles. The van der Waals surface area contributed by atoms with Crippen LogP contribution < -0.4 is 15.0 Å². The van der Waals surface area contributed by atoms with Crippen LogP contribution in [-0.4, -0.2) is 49.7 Å². The summed E-state index contributed by atoms with van der Waals surface area (Å²) < 4.78 is 17.2. The summed E-state index contributed by atoms with van der Waals surface area (Å²) in [5, 5.41) is 2.77. The highest BCUT2D eigenvalue weighted by atomic mass is 16.6. The van der Waals surface area contributed by atoms with Crippen LogP contribution in [0.3, 0.4) is 0 Å². The number of hydrogen-bond donors (Lipinski definition) is 1. The van der Waals surface area contributed by atoms with Gasteiger partial charge in [0.1, 0.15) is 29.7 Å². The van der Waals surface area contributed by atoms with Crippen LogP contribution in [0.15, 0.2) is 36.5 Å². The average molecular weight is 395 g/mol. The summed E-state index contributed by atoms with van der Waals surface area (Å²) in [5.74, 6) is -0.0559. The lowest BCUT2D eigenvalue weighted by Gasteiger charge is -2.22. The number of pyridine rings is 1. The number of nitrogens with zero attached hydrogens (tertiary/aromatic N) is 2. The normalized spacial score (nSPS) is 25.3. The van der Waals surface area contributed by atoms with Crippen molar-refractivity contribution in [3.05, 3.63) is 53.3 Å². The molecule has 150 valence electrons. The summed E-state index contributed by atoms with van der Waals surface area (Å²) >= 11 is 0. The molecule has 1 fully saturated rings. The second-order valence-electron chi connectivity index (χ2n) is 7.51. The van der Waals surface area contributed by atoms with Crippen LogP contribution in [0.5, 0.6) is 5.75 Å². The molecule has 1 saturated heterocycles. The highest BCUT2D eigenvalue weighted by molar-refractivity contribution is 6.02. The van der Waals surface area contributed by atoms with Crippen molar-refractivity contribution in [3.8, 4) is 5.75 Å². The number of para-hydroxylation sites is 2. The first-order valence-electron chi connectivity index (χ1n) is 9.59. The Morgan fingerprint density at radius 2 is 2.21 bits per heavy atom. The fraction of sp³-hybridized carbons (Fsp3) is 0.381. The molecule has 1 aromatic heterocycles. The number of likely N-dealkylation sites (N-methyl/N-ethyl adjacent to an activating group) is 1. The zero-order valence-electron chi connectivity index (χ0n) is 16.0. The average Bonchev–Trinajstić information content (AvgIpc) is 3.35. The van der Waals surface area contributed by atoms with Gasteiger partial charge in [0.2, 0.25) is 0 Å². The monoisotopic (exact) mass is 395 g/mol. The van der Waals surface area contributed by atoms with E-state index in [9.17, 15) is 9.59 Å². The highest BCUT2D eigenvalue weighted by Crippen LogP contribution is 2.42. The molecular weight excluding hydrogens is 374 g/mol. The third kappa shape index (κ3) is 2.95. The number of carbonyl (C=O) groups excluding carboxylic acids is 2. The molecule has 0 bridgehead atoms. The van der Waals surface area contributed by atoms with Gasteiger partial charge in [-0.2, -0.15) is 0 Å². The Morgan fingerprint density at radius 1 is 1.34 bits per heavy atom. The SMILES string of the molecule is CN1C(=O)[C@@H](NC(=O)c2cc3c(cn2)COC32CCOC2)COc2ccccc21. The van der Waals surface area contributed by atoms with E-state index in [1.54, 1.807) is 25.4 Å². The third-order valence-corrected chi connectivity index (χ3v) is 5.77. The molecule has 3 aliphatic rings. The molecule has 2 aromatic rings. The predicted molar refractivity (Wildman–Crippen MR) is 103 cm³/mol. The van der Waals surface area contributed by atoms with E-state index in [1.165, 1.54) is 4.90 Å². The zero-order valence-corrected chi connectivity index (χ0v) is 16.0. The minimum absolute atomic E-state index is 0.0533. The Kier molecular flexibility index (Phi) is 4.25. The fourth-order valence-corrected chi connectivity index (χ4v) is 4.10. The molecule has 0 radical (unpaired) electrons. The van der Waals surface area contributed by atoms with Crippen molar-refractivity contribution < 1.29 is 23.8 Å². The quantitative estimate of drug-likeness (QED) is 0.826. The molecule has 2 amide bonds. The first-order valence-corrected chi connectivity index (χ1v) is 9.59. The molecule has 8 heteroatoms. The Hall–Kier alpha value is -2.97. The van der Waals surface area contributed by atoms with Crippen LogP contribution in [-0.2, 0) is 26.5 Å². The van der Waals surface area contributed by atoms with Gasteiger partial charge in [0, 0.05) is 31.8 Å². The molecule has 1 spiro atoms. The summed E-state index contributed by atoms with van der Waals surface area (Å²) in [4.78, 5) is 31.5. The molecular formula is C21H21N3O5. The van der Waals surface area contributed by atoms with Crippen LogP contribution in [0.1, 0.15) is 28.0 Å². The van der Waals surface area contributed by atoms with Gasteiger partial charge in [0.05, 0.1) is 18.9 Å². The van der Waals surface area contributed by atoms with E-state index in [0.29, 0.717) is 31.3 Å². The summed E-state index contributed by atoms with van der Waals surface area (Å²) in [6.45, 7) is 1.62. The molecule has 1 N–H and O–H groups in total. The molecule has 2 atom stereocenters. The van der Waals surface area contributed by atoms with Gasteiger partial charge in [-0.05, 0) is 23.8 Å². The molecule has 5 rings (SSSR count). The van der Waals surface area contributed by atoms with E-state index in [0.717, 1.165) is 17.5 Å². The van der Waals surface area contributed by atoms with Crippen LogP contribution in [0.25, 0.3) is 0 Å². The van der Waals surface area contributed by atoms with Crippen molar-refractivity contribution in [2.24, 2.45) is 0 Å². The number of anilines is 1. The van der Waals surface area contributed by atoms with E-state index in [2.05, 4.69) is 10.3 Å². The maximum atomic E-state index is 12.9. The first-order chi connectivity index (χ1) is 14.1. The lowest BCUT2D eigenvalue weighted by molar-refractivity contribution is -0.120. The van der Waals surface area contributed by atoms with Gasteiger partial charge in [-0.1, -0.05) is 12.1 Å². The van der Waals surface area contributed by atoms with Gasteiger partial charge in [-0.3, -0.25) is 14.6 Å². The van der Waals surface area contributed by atoms with Crippen molar-refractivity contribution in [3.63, 3.8) is 0 Å². The number of hydrogen-bond acceptors (Lipinski definition) is 6. The van der Waals surface area contributed by atoms with E-state index >= 15 is 0 Å². The summed E-state index contributed by atoms with van der Waals surface area (Å²) in [7, 11) is 1.67. The molecule has 3 aliphatic heterocycles. The van der Waals surface area contributed by atoms with E-state index in [-0.39, 0.29) is 18.2 Å². The highest BCUT2D eigenvalue weighted by Gasteiger charge is 2.44. The minimum Gasteiger partial charge on any atom is -0.489 e. The van der Waals surface area contributed by atoms with Gasteiger partial charge in [0.15, 0.2) is 0 Å². The van der Waals surface area contributed by atoms with Crippen molar-refractivity contribution in [2.75, 3.05) is 31.8 Å². The van der Waals surface area contributed by atoms with Crippen LogP contribution >= 0.6 is 0 Å². The maximum absolute atomic E-state index is 12.9. The van der Waals surface area contributed by atoms with Crippen molar-refractivity contribution in [2.45, 2.75) is 24.7 Å². The Morgan fingerprint density at radius 3 is 3.03 bits per heavy atom. The Labute approximate surface area is 167 Å². The Bertz CT molecular complexity index is 986. The molecule has 0 aliphatic carbocycles. The number of rotatable bonds is 2. The van der Waals surface area contributed by atoms with Crippen molar-refractivity contribution >= 4 is 17.5 Å².